The smallest absolute Gasteiger partial charge is 0.226 e. The Bertz CT molecular complexity index is 913. The van der Waals surface area contributed by atoms with Gasteiger partial charge in [0.1, 0.15) is 11.6 Å². The lowest BCUT2D eigenvalue weighted by Gasteiger charge is -2.22. The maximum Gasteiger partial charge on any atom is 0.226 e. The summed E-state index contributed by atoms with van der Waals surface area (Å²) in [5.74, 6) is 1.05. The minimum atomic E-state index is -0.253. The van der Waals surface area contributed by atoms with Crippen molar-refractivity contribution in [1.82, 2.24) is 9.80 Å². The van der Waals surface area contributed by atoms with Crippen LogP contribution in [0.5, 0.6) is 5.75 Å². The van der Waals surface area contributed by atoms with Gasteiger partial charge in [0.15, 0.2) is 0 Å². The molecule has 2 unspecified atom stereocenters. The Balaban J connectivity index is 1.25. The van der Waals surface area contributed by atoms with E-state index >= 15 is 0 Å². The molecule has 164 valence electrons. The highest BCUT2D eigenvalue weighted by Gasteiger charge is 2.45. The molecule has 0 radical (unpaired) electrons. The van der Waals surface area contributed by atoms with E-state index in [-0.39, 0.29) is 29.5 Å². The molecule has 1 aliphatic carbocycles. The zero-order valence-electron chi connectivity index (χ0n) is 17.9. The van der Waals surface area contributed by atoms with Crippen LogP contribution >= 0.6 is 0 Å². The summed E-state index contributed by atoms with van der Waals surface area (Å²) in [4.78, 5) is 29.4. The molecule has 0 N–H and O–H groups in total. The summed E-state index contributed by atoms with van der Waals surface area (Å²) in [5.41, 5.74) is 2.14. The van der Waals surface area contributed by atoms with E-state index < -0.39 is 0 Å². The molecule has 2 amide bonds. The van der Waals surface area contributed by atoms with E-state index in [0.29, 0.717) is 39.0 Å². The number of amides is 2. The molecule has 0 aromatic heterocycles. The predicted molar refractivity (Wildman–Crippen MR) is 116 cm³/mol. The normalized spacial score (nSPS) is 20.8. The van der Waals surface area contributed by atoms with E-state index in [4.69, 9.17) is 4.74 Å². The Hall–Kier alpha value is -2.89. The Kier molecular flexibility index (Phi) is 6.54. The molecule has 2 fully saturated rings. The molecule has 2 aromatic rings. The van der Waals surface area contributed by atoms with Gasteiger partial charge in [-0.05, 0) is 60.6 Å². The van der Waals surface area contributed by atoms with E-state index in [0.717, 1.165) is 29.7 Å². The van der Waals surface area contributed by atoms with Crippen LogP contribution in [0, 0.1) is 11.7 Å². The lowest BCUT2D eigenvalue weighted by molar-refractivity contribution is -0.134. The average Bonchev–Trinajstić information content (AvgIpc) is 3.61. The van der Waals surface area contributed by atoms with Crippen LogP contribution in [0.4, 0.5) is 4.39 Å². The zero-order valence-corrected chi connectivity index (χ0v) is 17.9. The Morgan fingerprint density at radius 3 is 2.35 bits per heavy atom. The quantitative estimate of drug-likeness (QED) is 0.712. The van der Waals surface area contributed by atoms with Crippen LogP contribution in [0.25, 0.3) is 0 Å². The van der Waals surface area contributed by atoms with Crippen molar-refractivity contribution in [2.75, 3.05) is 33.3 Å². The Morgan fingerprint density at radius 2 is 1.65 bits per heavy atom. The molecular formula is C25H29FN2O3. The fraction of sp³-hybridized carbons (Fsp3) is 0.440. The van der Waals surface area contributed by atoms with Crippen molar-refractivity contribution in [1.29, 1.82) is 0 Å². The van der Waals surface area contributed by atoms with Crippen molar-refractivity contribution in [3.05, 3.63) is 65.5 Å². The average molecular weight is 425 g/mol. The summed E-state index contributed by atoms with van der Waals surface area (Å²) in [6, 6.07) is 14.3. The second kappa shape index (κ2) is 9.50. The predicted octanol–water partition coefficient (Wildman–Crippen LogP) is 3.63. The van der Waals surface area contributed by atoms with E-state index in [1.54, 1.807) is 19.2 Å². The van der Waals surface area contributed by atoms with E-state index in [2.05, 4.69) is 0 Å². The van der Waals surface area contributed by atoms with Gasteiger partial charge in [0.2, 0.25) is 11.8 Å². The lowest BCUT2D eigenvalue weighted by Crippen LogP contribution is -2.38. The molecule has 1 aliphatic heterocycles. The van der Waals surface area contributed by atoms with E-state index in [1.807, 2.05) is 34.1 Å². The van der Waals surface area contributed by atoms with Crippen LogP contribution in [0.15, 0.2) is 48.5 Å². The maximum atomic E-state index is 13.1. The van der Waals surface area contributed by atoms with Gasteiger partial charge in [-0.15, -0.1) is 0 Å². The largest absolute Gasteiger partial charge is 0.497 e. The molecule has 0 bridgehead atoms. The second-order valence-corrected chi connectivity index (χ2v) is 8.41. The number of aryl methyl sites for hydroxylation is 1. The molecule has 1 saturated heterocycles. The third kappa shape index (κ3) is 5.24. The molecular weight excluding hydrogens is 395 g/mol. The van der Waals surface area contributed by atoms with Gasteiger partial charge in [-0.3, -0.25) is 9.59 Å². The SMILES string of the molecule is COc1ccc(CCC(=O)N2CCCN(C(=O)C3CC3c3ccc(F)cc3)CC2)cc1. The van der Waals surface area contributed by atoms with Crippen molar-refractivity contribution in [2.45, 2.75) is 31.6 Å². The summed E-state index contributed by atoms with van der Waals surface area (Å²) in [6.45, 7) is 2.55. The third-order valence-electron chi connectivity index (χ3n) is 6.35. The van der Waals surface area contributed by atoms with Gasteiger partial charge in [-0.25, -0.2) is 4.39 Å². The molecule has 0 spiro atoms. The van der Waals surface area contributed by atoms with E-state index in [9.17, 15) is 14.0 Å². The summed E-state index contributed by atoms with van der Waals surface area (Å²) in [6.07, 6.45) is 2.79. The molecule has 1 saturated carbocycles. The summed E-state index contributed by atoms with van der Waals surface area (Å²) in [7, 11) is 1.64. The fourth-order valence-corrected chi connectivity index (χ4v) is 4.37. The van der Waals surface area contributed by atoms with Crippen molar-refractivity contribution in [3.8, 4) is 5.75 Å². The number of benzene rings is 2. The number of carbonyl (C=O) groups excluding carboxylic acids is 2. The maximum absolute atomic E-state index is 13.1. The third-order valence-corrected chi connectivity index (χ3v) is 6.35. The first-order valence-corrected chi connectivity index (χ1v) is 11.0. The van der Waals surface area contributed by atoms with Gasteiger partial charge in [-0.2, -0.15) is 0 Å². The van der Waals surface area contributed by atoms with Crippen molar-refractivity contribution in [2.24, 2.45) is 5.92 Å². The summed E-state index contributed by atoms with van der Waals surface area (Å²) in [5, 5.41) is 0. The number of nitrogens with zero attached hydrogens (tertiary/aromatic N) is 2. The second-order valence-electron chi connectivity index (χ2n) is 8.41. The number of halogens is 1. The first-order valence-electron chi connectivity index (χ1n) is 11.0. The molecule has 4 rings (SSSR count). The first kappa shape index (κ1) is 21.3. The minimum absolute atomic E-state index is 0.0113. The molecule has 5 nitrogen and oxygen atoms in total. The summed E-state index contributed by atoms with van der Waals surface area (Å²) >= 11 is 0. The number of hydrogen-bond acceptors (Lipinski definition) is 3. The summed E-state index contributed by atoms with van der Waals surface area (Å²) < 4.78 is 18.3. The highest BCUT2D eigenvalue weighted by atomic mass is 19.1. The number of carbonyl (C=O) groups is 2. The van der Waals surface area contributed by atoms with Gasteiger partial charge < -0.3 is 14.5 Å². The molecule has 6 heteroatoms. The lowest BCUT2D eigenvalue weighted by atomic mass is 10.1. The zero-order chi connectivity index (χ0) is 21.8. The fourth-order valence-electron chi connectivity index (χ4n) is 4.37. The Labute approximate surface area is 182 Å². The topological polar surface area (TPSA) is 49.9 Å². The Morgan fingerprint density at radius 1 is 0.968 bits per heavy atom. The minimum Gasteiger partial charge on any atom is -0.497 e. The van der Waals surface area contributed by atoms with Crippen molar-refractivity contribution >= 4 is 11.8 Å². The first-order chi connectivity index (χ1) is 15.0. The van der Waals surface area contributed by atoms with Crippen molar-refractivity contribution < 1.29 is 18.7 Å². The van der Waals surface area contributed by atoms with Crippen LogP contribution in [0.2, 0.25) is 0 Å². The molecule has 2 atom stereocenters. The highest BCUT2D eigenvalue weighted by molar-refractivity contribution is 5.83. The molecule has 2 aromatic carbocycles. The van der Waals surface area contributed by atoms with Gasteiger partial charge in [0.05, 0.1) is 7.11 Å². The van der Waals surface area contributed by atoms with Gasteiger partial charge in [0.25, 0.3) is 0 Å². The van der Waals surface area contributed by atoms with E-state index in [1.165, 1.54) is 12.1 Å². The number of rotatable bonds is 6. The van der Waals surface area contributed by atoms with Crippen LogP contribution in [0.3, 0.4) is 0 Å². The van der Waals surface area contributed by atoms with Gasteiger partial charge >= 0.3 is 0 Å². The van der Waals surface area contributed by atoms with Crippen molar-refractivity contribution in [3.63, 3.8) is 0 Å². The van der Waals surface area contributed by atoms with Gasteiger partial charge in [-0.1, -0.05) is 24.3 Å². The molecule has 31 heavy (non-hydrogen) atoms. The van der Waals surface area contributed by atoms with Crippen LogP contribution in [0.1, 0.15) is 36.3 Å². The van der Waals surface area contributed by atoms with Crippen LogP contribution in [-0.4, -0.2) is 54.9 Å². The number of methoxy groups -OCH3 is 1. The number of hydrogen-bond donors (Lipinski definition) is 0. The van der Waals surface area contributed by atoms with Gasteiger partial charge in [0, 0.05) is 38.5 Å². The molecule has 1 heterocycles. The highest BCUT2D eigenvalue weighted by Crippen LogP contribution is 2.48. The monoisotopic (exact) mass is 424 g/mol. The number of ether oxygens (including phenoxy) is 1. The van der Waals surface area contributed by atoms with Crippen LogP contribution < -0.4 is 4.74 Å². The van der Waals surface area contributed by atoms with Crippen LogP contribution in [-0.2, 0) is 16.0 Å². The standard InChI is InChI=1S/C25H29FN2O3/c1-31-21-10-3-18(4-11-21)5-12-24(29)27-13-2-14-28(16-15-27)25(30)23-17-22(23)19-6-8-20(26)9-7-19/h3-4,6-11,22-23H,2,5,12-17H2,1H3. The molecule has 2 aliphatic rings.